The third kappa shape index (κ3) is 3.61. The van der Waals surface area contributed by atoms with Gasteiger partial charge >= 0.3 is 0 Å². The van der Waals surface area contributed by atoms with Crippen molar-refractivity contribution in [1.82, 2.24) is 4.90 Å². The van der Waals surface area contributed by atoms with Crippen LogP contribution in [0.3, 0.4) is 0 Å². The summed E-state index contributed by atoms with van der Waals surface area (Å²) in [5.41, 5.74) is 5.46. The second-order valence-electron chi connectivity index (χ2n) is 2.86. The van der Waals surface area contributed by atoms with Crippen LogP contribution in [0.4, 0.5) is 0 Å². The molecule has 0 spiro atoms. The smallest absolute Gasteiger partial charge is 0.219 e. The molecule has 74 valence electrons. The van der Waals surface area contributed by atoms with Crippen LogP contribution in [-0.2, 0) is 4.79 Å². The highest BCUT2D eigenvalue weighted by Gasteiger charge is 2.22. The molecule has 1 amide bonds. The fraction of sp³-hybridized carbons (Fsp3) is 0.857. The van der Waals surface area contributed by atoms with Crippen molar-refractivity contribution < 1.29 is 4.79 Å². The van der Waals surface area contributed by atoms with Gasteiger partial charge in [0.15, 0.2) is 0 Å². The molecule has 1 unspecified atom stereocenters. The SMILES string of the molecule is CC(=O)N1CCC(CN)C1.Cl.Cl. The molecule has 1 aliphatic rings. The molecule has 1 heterocycles. The zero-order chi connectivity index (χ0) is 7.56. The maximum Gasteiger partial charge on any atom is 0.219 e. The Morgan fingerprint density at radius 1 is 1.58 bits per heavy atom. The summed E-state index contributed by atoms with van der Waals surface area (Å²) >= 11 is 0. The Bertz CT molecular complexity index is 143. The van der Waals surface area contributed by atoms with Crippen molar-refractivity contribution in [1.29, 1.82) is 0 Å². The number of hydrogen-bond acceptors (Lipinski definition) is 2. The number of nitrogens with two attached hydrogens (primary N) is 1. The van der Waals surface area contributed by atoms with Crippen LogP contribution in [0.15, 0.2) is 0 Å². The third-order valence-electron chi connectivity index (χ3n) is 2.06. The summed E-state index contributed by atoms with van der Waals surface area (Å²) < 4.78 is 0. The first-order valence-electron chi connectivity index (χ1n) is 3.69. The van der Waals surface area contributed by atoms with E-state index in [1.54, 1.807) is 6.92 Å². The van der Waals surface area contributed by atoms with E-state index in [0.717, 1.165) is 19.5 Å². The van der Waals surface area contributed by atoms with Crippen molar-refractivity contribution in [3.05, 3.63) is 0 Å². The van der Waals surface area contributed by atoms with E-state index < -0.39 is 0 Å². The highest BCUT2D eigenvalue weighted by atomic mass is 35.5. The van der Waals surface area contributed by atoms with Gasteiger partial charge < -0.3 is 10.6 Å². The molecule has 12 heavy (non-hydrogen) atoms. The van der Waals surface area contributed by atoms with E-state index in [2.05, 4.69) is 0 Å². The molecule has 1 aliphatic heterocycles. The van der Waals surface area contributed by atoms with Crippen LogP contribution >= 0.6 is 24.8 Å². The van der Waals surface area contributed by atoms with Crippen LogP contribution in [0.2, 0.25) is 0 Å². The number of amides is 1. The van der Waals surface area contributed by atoms with Gasteiger partial charge in [0.2, 0.25) is 5.91 Å². The molecule has 1 saturated heterocycles. The van der Waals surface area contributed by atoms with Crippen LogP contribution in [0, 0.1) is 5.92 Å². The molecule has 0 aromatic heterocycles. The van der Waals surface area contributed by atoms with Crippen LogP contribution in [0.25, 0.3) is 0 Å². The maximum absolute atomic E-state index is 10.8. The van der Waals surface area contributed by atoms with Crippen molar-refractivity contribution in [2.45, 2.75) is 13.3 Å². The Labute approximate surface area is 85.5 Å². The van der Waals surface area contributed by atoms with Crippen molar-refractivity contribution in [3.8, 4) is 0 Å². The lowest BCUT2D eigenvalue weighted by Gasteiger charge is -2.12. The lowest BCUT2D eigenvalue weighted by molar-refractivity contribution is -0.127. The Kier molecular flexibility index (Phi) is 7.89. The molecule has 0 radical (unpaired) electrons. The Balaban J connectivity index is 0. The molecule has 5 heteroatoms. The Hall–Kier alpha value is 0.01000. The lowest BCUT2D eigenvalue weighted by atomic mass is 10.1. The van der Waals surface area contributed by atoms with E-state index in [4.69, 9.17) is 5.73 Å². The summed E-state index contributed by atoms with van der Waals surface area (Å²) in [6, 6.07) is 0. The summed E-state index contributed by atoms with van der Waals surface area (Å²) in [6.07, 6.45) is 1.08. The van der Waals surface area contributed by atoms with Crippen LogP contribution in [-0.4, -0.2) is 30.4 Å². The van der Waals surface area contributed by atoms with Gasteiger partial charge in [-0.25, -0.2) is 0 Å². The number of carbonyl (C=O) groups is 1. The van der Waals surface area contributed by atoms with E-state index in [-0.39, 0.29) is 30.7 Å². The summed E-state index contributed by atoms with van der Waals surface area (Å²) in [4.78, 5) is 12.7. The van der Waals surface area contributed by atoms with Crippen molar-refractivity contribution in [2.24, 2.45) is 11.7 Å². The fourth-order valence-corrected chi connectivity index (χ4v) is 1.31. The van der Waals surface area contributed by atoms with Gasteiger partial charge in [0.25, 0.3) is 0 Å². The van der Waals surface area contributed by atoms with Gasteiger partial charge in [-0.1, -0.05) is 0 Å². The minimum absolute atomic E-state index is 0. The number of hydrogen-bond donors (Lipinski definition) is 1. The van der Waals surface area contributed by atoms with Gasteiger partial charge in [0.05, 0.1) is 0 Å². The molecule has 2 N–H and O–H groups in total. The molecule has 1 fully saturated rings. The number of carbonyl (C=O) groups excluding carboxylic acids is 1. The molecule has 0 bridgehead atoms. The number of rotatable bonds is 1. The number of nitrogens with zero attached hydrogens (tertiary/aromatic N) is 1. The van der Waals surface area contributed by atoms with Crippen molar-refractivity contribution in [2.75, 3.05) is 19.6 Å². The second kappa shape index (κ2) is 6.52. The number of likely N-dealkylation sites (tertiary alicyclic amines) is 1. The maximum atomic E-state index is 10.8. The predicted molar refractivity (Wildman–Crippen MR) is 53.9 cm³/mol. The van der Waals surface area contributed by atoms with Gasteiger partial charge in [-0.3, -0.25) is 4.79 Å². The zero-order valence-electron chi connectivity index (χ0n) is 7.16. The predicted octanol–water partition coefficient (Wildman–Crippen LogP) is 0.657. The Morgan fingerprint density at radius 3 is 2.42 bits per heavy atom. The normalized spacial score (nSPS) is 21.2. The zero-order valence-corrected chi connectivity index (χ0v) is 8.79. The summed E-state index contributed by atoms with van der Waals surface area (Å²) in [7, 11) is 0. The summed E-state index contributed by atoms with van der Waals surface area (Å²) in [5.74, 6) is 0.722. The van der Waals surface area contributed by atoms with Gasteiger partial charge in [-0.05, 0) is 18.9 Å². The van der Waals surface area contributed by atoms with Crippen LogP contribution < -0.4 is 5.73 Å². The van der Waals surface area contributed by atoms with E-state index in [1.807, 2.05) is 4.90 Å². The molecule has 0 aromatic carbocycles. The monoisotopic (exact) mass is 214 g/mol. The van der Waals surface area contributed by atoms with E-state index in [1.165, 1.54) is 0 Å². The molecule has 3 nitrogen and oxygen atoms in total. The quantitative estimate of drug-likeness (QED) is 0.698. The lowest BCUT2D eigenvalue weighted by Crippen LogP contribution is -2.27. The highest BCUT2D eigenvalue weighted by Crippen LogP contribution is 2.13. The first-order valence-corrected chi connectivity index (χ1v) is 3.69. The topological polar surface area (TPSA) is 46.3 Å². The summed E-state index contributed by atoms with van der Waals surface area (Å²) in [6.45, 7) is 4.09. The van der Waals surface area contributed by atoms with Crippen molar-refractivity contribution in [3.63, 3.8) is 0 Å². The average Bonchev–Trinajstić information content (AvgIpc) is 2.34. The first-order chi connectivity index (χ1) is 4.74. The minimum Gasteiger partial charge on any atom is -0.343 e. The number of halogens is 2. The second-order valence-corrected chi connectivity index (χ2v) is 2.86. The van der Waals surface area contributed by atoms with E-state index in [9.17, 15) is 4.79 Å². The molecule has 0 aromatic rings. The third-order valence-corrected chi connectivity index (χ3v) is 2.06. The summed E-state index contributed by atoms with van der Waals surface area (Å²) in [5, 5.41) is 0. The van der Waals surface area contributed by atoms with Gasteiger partial charge in [0, 0.05) is 20.0 Å². The molecule has 0 aliphatic carbocycles. The fourth-order valence-electron chi connectivity index (χ4n) is 1.31. The average molecular weight is 215 g/mol. The van der Waals surface area contributed by atoms with Crippen LogP contribution in [0.1, 0.15) is 13.3 Å². The van der Waals surface area contributed by atoms with Gasteiger partial charge in [-0.15, -0.1) is 24.8 Å². The molecule has 1 rings (SSSR count). The van der Waals surface area contributed by atoms with Gasteiger partial charge in [0.1, 0.15) is 0 Å². The molecular weight excluding hydrogens is 199 g/mol. The minimum atomic E-state index is 0. The van der Waals surface area contributed by atoms with E-state index >= 15 is 0 Å². The molecular formula is C7H16Cl2N2O. The molecule has 0 saturated carbocycles. The van der Waals surface area contributed by atoms with E-state index in [0.29, 0.717) is 12.5 Å². The molecule has 1 atom stereocenters. The first kappa shape index (κ1) is 14.5. The van der Waals surface area contributed by atoms with Gasteiger partial charge in [-0.2, -0.15) is 0 Å². The van der Waals surface area contributed by atoms with Crippen molar-refractivity contribution >= 4 is 30.7 Å². The largest absolute Gasteiger partial charge is 0.343 e. The van der Waals surface area contributed by atoms with Crippen LogP contribution in [0.5, 0.6) is 0 Å². The highest BCUT2D eigenvalue weighted by molar-refractivity contribution is 5.85. The Morgan fingerprint density at radius 2 is 2.17 bits per heavy atom. The standard InChI is InChI=1S/C7H14N2O.2ClH/c1-6(10)9-3-2-7(4-8)5-9;;/h7H,2-5,8H2,1H3;2*1H.